The summed E-state index contributed by atoms with van der Waals surface area (Å²) in [6.07, 6.45) is 1.64. The van der Waals surface area contributed by atoms with E-state index in [4.69, 9.17) is 9.84 Å². The SMILES string of the molecule is CC(C)COC(=O)[C@@H]1[C@@H]2CC[C@@H](C2)N1C(=O)O. The summed E-state index contributed by atoms with van der Waals surface area (Å²) in [5, 5.41) is 9.15. The third kappa shape index (κ3) is 2.23. The first kappa shape index (κ1) is 12.2. The number of hydrogen-bond donors (Lipinski definition) is 1. The molecule has 5 nitrogen and oxygen atoms in total. The van der Waals surface area contributed by atoms with Crippen LogP contribution in [0.3, 0.4) is 0 Å². The summed E-state index contributed by atoms with van der Waals surface area (Å²) in [6, 6.07) is -0.543. The van der Waals surface area contributed by atoms with Crippen molar-refractivity contribution in [2.24, 2.45) is 11.8 Å². The second-order valence-corrected chi connectivity index (χ2v) is 5.39. The smallest absolute Gasteiger partial charge is 0.408 e. The summed E-state index contributed by atoms with van der Waals surface area (Å²) in [5.74, 6) is 0.0693. The number of carbonyl (C=O) groups is 2. The Bertz CT molecular complexity index is 328. The molecule has 1 N–H and O–H groups in total. The van der Waals surface area contributed by atoms with E-state index >= 15 is 0 Å². The summed E-state index contributed by atoms with van der Waals surface area (Å²) in [5.41, 5.74) is 0. The Balaban J connectivity index is 2.03. The van der Waals surface area contributed by atoms with Crippen LogP contribution in [0, 0.1) is 11.8 Å². The normalized spacial score (nSPS) is 31.0. The van der Waals surface area contributed by atoms with Gasteiger partial charge in [-0.2, -0.15) is 0 Å². The fourth-order valence-electron chi connectivity index (χ4n) is 2.90. The summed E-state index contributed by atoms with van der Waals surface area (Å²) in [4.78, 5) is 24.4. The van der Waals surface area contributed by atoms with Gasteiger partial charge in [-0.25, -0.2) is 9.59 Å². The molecule has 17 heavy (non-hydrogen) atoms. The van der Waals surface area contributed by atoms with Crippen LogP contribution in [0.1, 0.15) is 33.1 Å². The van der Waals surface area contributed by atoms with Gasteiger partial charge in [0.1, 0.15) is 6.04 Å². The van der Waals surface area contributed by atoms with Crippen molar-refractivity contribution in [1.29, 1.82) is 0 Å². The molecule has 0 aromatic heterocycles. The highest BCUT2D eigenvalue weighted by molar-refractivity contribution is 5.82. The van der Waals surface area contributed by atoms with E-state index in [0.29, 0.717) is 6.61 Å². The number of carboxylic acid groups (broad SMARTS) is 1. The zero-order valence-corrected chi connectivity index (χ0v) is 10.3. The van der Waals surface area contributed by atoms with Crippen LogP contribution in [0.4, 0.5) is 4.79 Å². The molecule has 5 heteroatoms. The van der Waals surface area contributed by atoms with Gasteiger partial charge in [0.25, 0.3) is 0 Å². The van der Waals surface area contributed by atoms with Crippen LogP contribution in [0.15, 0.2) is 0 Å². The minimum Gasteiger partial charge on any atom is -0.465 e. The van der Waals surface area contributed by atoms with Gasteiger partial charge in [-0.1, -0.05) is 13.8 Å². The highest BCUT2D eigenvalue weighted by Gasteiger charge is 2.52. The lowest BCUT2D eigenvalue weighted by Gasteiger charge is -2.31. The van der Waals surface area contributed by atoms with E-state index < -0.39 is 12.1 Å². The molecule has 2 bridgehead atoms. The van der Waals surface area contributed by atoms with Crippen molar-refractivity contribution in [2.75, 3.05) is 6.61 Å². The number of carbonyl (C=O) groups excluding carboxylic acids is 1. The Hall–Kier alpha value is -1.26. The molecule has 2 rings (SSSR count). The topological polar surface area (TPSA) is 66.8 Å². The fourth-order valence-corrected chi connectivity index (χ4v) is 2.90. The van der Waals surface area contributed by atoms with Gasteiger partial charge in [-0.05, 0) is 31.1 Å². The van der Waals surface area contributed by atoms with Crippen molar-refractivity contribution < 1.29 is 19.4 Å². The first-order chi connectivity index (χ1) is 8.00. The van der Waals surface area contributed by atoms with Gasteiger partial charge in [-0.3, -0.25) is 4.90 Å². The van der Waals surface area contributed by atoms with Crippen molar-refractivity contribution in [2.45, 2.75) is 45.2 Å². The van der Waals surface area contributed by atoms with Crippen molar-refractivity contribution in [3.05, 3.63) is 0 Å². The van der Waals surface area contributed by atoms with E-state index in [1.807, 2.05) is 13.8 Å². The van der Waals surface area contributed by atoms with Crippen LogP contribution in [0.2, 0.25) is 0 Å². The van der Waals surface area contributed by atoms with Gasteiger partial charge in [0.05, 0.1) is 6.61 Å². The van der Waals surface area contributed by atoms with Crippen molar-refractivity contribution in [1.82, 2.24) is 4.90 Å². The molecule has 0 aromatic rings. The summed E-state index contributed by atoms with van der Waals surface area (Å²) in [7, 11) is 0. The Kier molecular flexibility index (Phi) is 3.26. The highest BCUT2D eigenvalue weighted by Crippen LogP contribution is 2.42. The number of ether oxygens (including phenoxy) is 1. The standard InChI is InChI=1S/C12H19NO4/c1-7(2)6-17-11(14)10-8-3-4-9(5-8)13(10)12(15)16/h7-10H,3-6H2,1-2H3,(H,15,16)/t8-,9+,10+/m1/s1. The largest absolute Gasteiger partial charge is 0.465 e. The second kappa shape index (κ2) is 4.55. The third-order valence-electron chi connectivity index (χ3n) is 3.61. The van der Waals surface area contributed by atoms with Gasteiger partial charge >= 0.3 is 12.1 Å². The Labute approximate surface area is 101 Å². The number of nitrogens with zero attached hydrogens (tertiary/aromatic N) is 1. The van der Waals surface area contributed by atoms with E-state index in [9.17, 15) is 9.59 Å². The number of esters is 1. The van der Waals surface area contributed by atoms with E-state index in [1.165, 1.54) is 4.90 Å². The molecule has 1 heterocycles. The third-order valence-corrected chi connectivity index (χ3v) is 3.61. The number of amides is 1. The van der Waals surface area contributed by atoms with Crippen LogP contribution in [0.25, 0.3) is 0 Å². The Morgan fingerprint density at radius 2 is 2.12 bits per heavy atom. The number of hydrogen-bond acceptors (Lipinski definition) is 3. The van der Waals surface area contributed by atoms with Gasteiger partial charge in [-0.15, -0.1) is 0 Å². The van der Waals surface area contributed by atoms with E-state index in [2.05, 4.69) is 0 Å². The van der Waals surface area contributed by atoms with Gasteiger partial charge in [0.15, 0.2) is 0 Å². The molecule has 3 atom stereocenters. The lowest BCUT2D eigenvalue weighted by atomic mass is 9.99. The average Bonchev–Trinajstić information content (AvgIpc) is 2.84. The van der Waals surface area contributed by atoms with E-state index in [0.717, 1.165) is 19.3 Å². The van der Waals surface area contributed by atoms with Crippen LogP contribution < -0.4 is 0 Å². The fraction of sp³-hybridized carbons (Fsp3) is 0.833. The number of fused-ring (bicyclic) bond motifs is 2. The number of likely N-dealkylation sites (tertiary alicyclic amines) is 1. The highest BCUT2D eigenvalue weighted by atomic mass is 16.5. The molecule has 0 aromatic carbocycles. The zero-order valence-electron chi connectivity index (χ0n) is 10.3. The molecule has 0 radical (unpaired) electrons. The van der Waals surface area contributed by atoms with Crippen LogP contribution in [0.5, 0.6) is 0 Å². The molecule has 1 saturated heterocycles. The van der Waals surface area contributed by atoms with Crippen molar-refractivity contribution >= 4 is 12.1 Å². The summed E-state index contributed by atoms with van der Waals surface area (Å²) >= 11 is 0. The first-order valence-corrected chi connectivity index (χ1v) is 6.18. The molecule has 2 fully saturated rings. The molecule has 1 aliphatic carbocycles. The van der Waals surface area contributed by atoms with Crippen LogP contribution in [-0.4, -0.2) is 40.8 Å². The summed E-state index contributed by atoms with van der Waals surface area (Å²) in [6.45, 7) is 4.28. The average molecular weight is 241 g/mol. The number of rotatable bonds is 3. The molecule has 1 aliphatic heterocycles. The Morgan fingerprint density at radius 3 is 2.71 bits per heavy atom. The first-order valence-electron chi connectivity index (χ1n) is 6.18. The van der Waals surface area contributed by atoms with E-state index in [1.54, 1.807) is 0 Å². The lowest BCUT2D eigenvalue weighted by molar-refractivity contribution is -0.152. The second-order valence-electron chi connectivity index (χ2n) is 5.39. The summed E-state index contributed by atoms with van der Waals surface area (Å²) < 4.78 is 5.18. The van der Waals surface area contributed by atoms with Crippen molar-refractivity contribution in [3.63, 3.8) is 0 Å². The van der Waals surface area contributed by atoms with Gasteiger partial charge in [0.2, 0.25) is 0 Å². The van der Waals surface area contributed by atoms with Gasteiger partial charge < -0.3 is 9.84 Å². The molecule has 1 saturated carbocycles. The van der Waals surface area contributed by atoms with Crippen LogP contribution in [-0.2, 0) is 9.53 Å². The van der Waals surface area contributed by atoms with Gasteiger partial charge in [0, 0.05) is 6.04 Å². The molecular weight excluding hydrogens is 222 g/mol. The van der Waals surface area contributed by atoms with Crippen molar-refractivity contribution in [3.8, 4) is 0 Å². The minimum atomic E-state index is -0.997. The minimum absolute atomic E-state index is 0.0223. The maximum absolute atomic E-state index is 11.9. The molecule has 0 unspecified atom stereocenters. The maximum Gasteiger partial charge on any atom is 0.408 e. The number of piperidine rings is 1. The Morgan fingerprint density at radius 1 is 1.41 bits per heavy atom. The predicted molar refractivity (Wildman–Crippen MR) is 60.6 cm³/mol. The molecular formula is C12H19NO4. The zero-order chi connectivity index (χ0) is 12.6. The monoisotopic (exact) mass is 241 g/mol. The molecule has 96 valence electrons. The lowest BCUT2D eigenvalue weighted by Crippen LogP contribution is -2.49. The van der Waals surface area contributed by atoms with Crippen LogP contribution >= 0.6 is 0 Å². The maximum atomic E-state index is 11.9. The quantitative estimate of drug-likeness (QED) is 0.764. The molecule has 2 aliphatic rings. The molecule has 1 amide bonds. The molecule has 0 spiro atoms. The predicted octanol–water partition coefficient (Wildman–Crippen LogP) is 1.72. The van der Waals surface area contributed by atoms with E-state index in [-0.39, 0.29) is 23.8 Å².